The summed E-state index contributed by atoms with van der Waals surface area (Å²) in [6, 6.07) is 0. The second-order valence-electron chi connectivity index (χ2n) is 6.27. The lowest BCUT2D eigenvalue weighted by atomic mass is 10.3. The minimum absolute atomic E-state index is 0.238. The number of ether oxygens (including phenoxy) is 3. The number of nitrogens with zero attached hydrogens (tertiary/aromatic N) is 4. The number of hydrogen-bond acceptors (Lipinski definition) is 8. The van der Waals surface area contributed by atoms with Crippen LogP contribution in [-0.4, -0.2) is 93.7 Å². The summed E-state index contributed by atoms with van der Waals surface area (Å²) in [4.78, 5) is 2.13. The molecule has 1 aromatic heterocycles. The van der Waals surface area contributed by atoms with Gasteiger partial charge in [0.1, 0.15) is 0 Å². The first kappa shape index (κ1) is 25.1. The van der Waals surface area contributed by atoms with Crippen LogP contribution in [0.2, 0.25) is 0 Å². The zero-order chi connectivity index (χ0) is 20.6. The summed E-state index contributed by atoms with van der Waals surface area (Å²) >= 11 is -1.78. The molecule has 0 saturated carbocycles. The van der Waals surface area contributed by atoms with Gasteiger partial charge in [0.05, 0.1) is 63.3 Å². The number of nitrogens with two attached hydrogens (primary N) is 1. The summed E-state index contributed by atoms with van der Waals surface area (Å²) in [6.07, 6.45) is 0.973. The molecular formula is C17H35N5O5S. The van der Waals surface area contributed by atoms with Crippen LogP contribution < -0.4 is 5.73 Å². The van der Waals surface area contributed by atoms with Crippen molar-refractivity contribution in [3.05, 3.63) is 11.4 Å². The van der Waals surface area contributed by atoms with Crippen LogP contribution in [-0.2, 0) is 38.4 Å². The number of aromatic nitrogens is 3. The van der Waals surface area contributed by atoms with Gasteiger partial charge in [-0.05, 0) is 19.9 Å². The lowest BCUT2D eigenvalue weighted by molar-refractivity contribution is 0.0140. The van der Waals surface area contributed by atoms with Crippen LogP contribution in [0.15, 0.2) is 0 Å². The first-order chi connectivity index (χ1) is 13.6. The smallest absolute Gasteiger partial charge is 0.154 e. The highest BCUT2D eigenvalue weighted by atomic mass is 32.2. The Morgan fingerprint density at radius 3 is 2.36 bits per heavy atom. The van der Waals surface area contributed by atoms with Crippen LogP contribution in [0.4, 0.5) is 0 Å². The van der Waals surface area contributed by atoms with Crippen LogP contribution in [0.25, 0.3) is 0 Å². The van der Waals surface area contributed by atoms with E-state index in [1.54, 1.807) is 0 Å². The summed E-state index contributed by atoms with van der Waals surface area (Å²) in [5.41, 5.74) is 7.20. The number of hydrogen-bond donors (Lipinski definition) is 2. The molecule has 0 spiro atoms. The first-order valence-electron chi connectivity index (χ1n) is 9.70. The van der Waals surface area contributed by atoms with Gasteiger partial charge in [-0.25, -0.2) is 8.89 Å². The van der Waals surface area contributed by atoms with Crippen LogP contribution in [0.1, 0.15) is 24.7 Å². The van der Waals surface area contributed by atoms with E-state index in [2.05, 4.69) is 22.1 Å². The zero-order valence-electron chi connectivity index (χ0n) is 17.0. The van der Waals surface area contributed by atoms with E-state index in [1.165, 1.54) is 0 Å². The molecule has 11 heteroatoms. The molecule has 0 aliphatic heterocycles. The van der Waals surface area contributed by atoms with Crippen molar-refractivity contribution >= 4 is 11.1 Å². The summed E-state index contributed by atoms with van der Waals surface area (Å²) in [6.45, 7) is 10.4. The van der Waals surface area contributed by atoms with Crippen molar-refractivity contribution in [2.24, 2.45) is 5.73 Å². The van der Waals surface area contributed by atoms with E-state index in [9.17, 15) is 4.21 Å². The minimum atomic E-state index is -1.78. The maximum absolute atomic E-state index is 10.9. The maximum Gasteiger partial charge on any atom is 0.154 e. The summed E-state index contributed by atoms with van der Waals surface area (Å²) < 4.78 is 37.9. The Balaban J connectivity index is 2.25. The monoisotopic (exact) mass is 421 g/mol. The van der Waals surface area contributed by atoms with Crippen molar-refractivity contribution < 1.29 is 23.0 Å². The third-order valence-electron chi connectivity index (χ3n) is 4.03. The van der Waals surface area contributed by atoms with Gasteiger partial charge in [-0.1, -0.05) is 12.1 Å². The molecule has 0 aromatic carbocycles. The van der Waals surface area contributed by atoms with Crippen molar-refractivity contribution in [1.29, 1.82) is 0 Å². The molecule has 0 amide bonds. The fourth-order valence-electron chi connectivity index (χ4n) is 2.54. The predicted molar refractivity (Wildman–Crippen MR) is 107 cm³/mol. The van der Waals surface area contributed by atoms with Crippen LogP contribution in [0.5, 0.6) is 0 Å². The summed E-state index contributed by atoms with van der Waals surface area (Å²) in [7, 11) is 0. The predicted octanol–water partition coefficient (Wildman–Crippen LogP) is 0.0287. The lowest BCUT2D eigenvalue weighted by Gasteiger charge is -2.19. The second kappa shape index (κ2) is 15.9. The van der Waals surface area contributed by atoms with E-state index >= 15 is 0 Å². The normalized spacial score (nSPS) is 12.8. The maximum atomic E-state index is 10.9. The van der Waals surface area contributed by atoms with Gasteiger partial charge in [-0.15, -0.1) is 5.10 Å². The standard InChI is InChI=1S/C17H35N5O5S/c1-3-5-21(7-14-28(23)24)15-17-16(2)22(20-19-17)6-9-26-11-13-27-12-10-25-8-4-18/h3-15,18H2,1-2H3,(H,23,24). The highest BCUT2D eigenvalue weighted by Crippen LogP contribution is 2.08. The Bertz CT molecular complexity index is 546. The van der Waals surface area contributed by atoms with Crippen molar-refractivity contribution in [2.75, 3.05) is 65.0 Å². The Kier molecular flexibility index (Phi) is 14.3. The van der Waals surface area contributed by atoms with Gasteiger partial charge >= 0.3 is 0 Å². The van der Waals surface area contributed by atoms with Gasteiger partial charge in [-0.2, -0.15) is 0 Å². The van der Waals surface area contributed by atoms with Crippen molar-refractivity contribution in [2.45, 2.75) is 33.4 Å². The largest absolute Gasteiger partial charge is 0.378 e. The molecule has 0 aliphatic rings. The molecule has 1 unspecified atom stereocenters. The third kappa shape index (κ3) is 11.1. The Morgan fingerprint density at radius 1 is 1.11 bits per heavy atom. The topological polar surface area (TPSA) is 125 Å². The highest BCUT2D eigenvalue weighted by Gasteiger charge is 2.13. The molecule has 28 heavy (non-hydrogen) atoms. The van der Waals surface area contributed by atoms with Crippen molar-refractivity contribution in [3.8, 4) is 0 Å². The van der Waals surface area contributed by atoms with Gasteiger partial charge in [0, 0.05) is 19.6 Å². The molecule has 0 bridgehead atoms. The lowest BCUT2D eigenvalue weighted by Crippen LogP contribution is -2.29. The Morgan fingerprint density at radius 2 is 1.75 bits per heavy atom. The number of rotatable bonds is 18. The van der Waals surface area contributed by atoms with Gasteiger partial charge in [-0.3, -0.25) is 4.90 Å². The van der Waals surface area contributed by atoms with E-state index in [-0.39, 0.29) is 5.75 Å². The van der Waals surface area contributed by atoms with Crippen molar-refractivity contribution in [3.63, 3.8) is 0 Å². The molecule has 1 rings (SSSR count). The molecule has 1 atom stereocenters. The molecule has 10 nitrogen and oxygen atoms in total. The molecule has 164 valence electrons. The molecular weight excluding hydrogens is 386 g/mol. The van der Waals surface area contributed by atoms with Gasteiger partial charge in [0.2, 0.25) is 0 Å². The van der Waals surface area contributed by atoms with Crippen LogP contribution in [0, 0.1) is 6.92 Å². The molecule has 0 radical (unpaired) electrons. The second-order valence-corrected chi connectivity index (χ2v) is 7.32. The average molecular weight is 422 g/mol. The molecule has 1 heterocycles. The minimum Gasteiger partial charge on any atom is -0.378 e. The van der Waals surface area contributed by atoms with E-state index in [1.807, 2.05) is 11.6 Å². The molecule has 0 aliphatic carbocycles. The Labute approximate surface area is 170 Å². The van der Waals surface area contributed by atoms with E-state index in [0.717, 1.165) is 24.4 Å². The van der Waals surface area contributed by atoms with E-state index in [0.29, 0.717) is 65.8 Å². The fraction of sp³-hybridized carbons (Fsp3) is 0.882. The molecule has 1 aromatic rings. The van der Waals surface area contributed by atoms with E-state index in [4.69, 9.17) is 24.5 Å². The van der Waals surface area contributed by atoms with Crippen LogP contribution >= 0.6 is 0 Å². The highest BCUT2D eigenvalue weighted by molar-refractivity contribution is 7.79. The Hall–Kier alpha value is -0.950. The van der Waals surface area contributed by atoms with Gasteiger partial charge in [0.25, 0.3) is 0 Å². The zero-order valence-corrected chi connectivity index (χ0v) is 17.9. The molecule has 0 fully saturated rings. The quantitative estimate of drug-likeness (QED) is 0.249. The molecule has 3 N–H and O–H groups in total. The summed E-state index contributed by atoms with van der Waals surface area (Å²) in [5, 5.41) is 8.45. The van der Waals surface area contributed by atoms with Crippen LogP contribution in [0.3, 0.4) is 0 Å². The van der Waals surface area contributed by atoms with E-state index < -0.39 is 11.1 Å². The SMILES string of the molecule is CCCN(CCS(=O)O)Cc1nnn(CCOCCOCCOCCN)c1C. The first-order valence-corrected chi connectivity index (χ1v) is 11.0. The summed E-state index contributed by atoms with van der Waals surface area (Å²) in [5.74, 6) is 0.238. The van der Waals surface area contributed by atoms with Gasteiger partial charge in [0.15, 0.2) is 11.1 Å². The fourth-order valence-corrected chi connectivity index (χ4v) is 2.95. The average Bonchev–Trinajstić information content (AvgIpc) is 3.01. The van der Waals surface area contributed by atoms with Gasteiger partial charge < -0.3 is 24.5 Å². The third-order valence-corrected chi connectivity index (χ3v) is 4.56. The van der Waals surface area contributed by atoms with Crippen molar-refractivity contribution in [1.82, 2.24) is 19.9 Å². The molecule has 0 saturated heterocycles.